The number of halogens is 2. The number of carbonyl (C=O) groups is 1. The molecule has 2 unspecified atom stereocenters. The van der Waals surface area contributed by atoms with E-state index in [-0.39, 0.29) is 17.7 Å². The van der Waals surface area contributed by atoms with Gasteiger partial charge in [0.25, 0.3) is 5.91 Å². The van der Waals surface area contributed by atoms with E-state index in [2.05, 4.69) is 29.5 Å². The fourth-order valence-electron chi connectivity index (χ4n) is 2.33. The highest BCUT2D eigenvalue weighted by atomic mass is 127. The maximum Gasteiger partial charge on any atom is 0.257 e. The molecule has 0 bridgehead atoms. The third-order valence-electron chi connectivity index (χ3n) is 3.49. The molecule has 5 heteroatoms. The molecule has 0 saturated carbocycles. The third kappa shape index (κ3) is 2.59. The van der Waals surface area contributed by atoms with Crippen molar-refractivity contribution in [3.8, 4) is 5.75 Å². The van der Waals surface area contributed by atoms with Crippen molar-refractivity contribution in [1.82, 2.24) is 4.90 Å². The van der Waals surface area contributed by atoms with Crippen LogP contribution in [0.15, 0.2) is 18.2 Å². The number of rotatable bonds is 2. The highest BCUT2D eigenvalue weighted by Crippen LogP contribution is 2.29. The van der Waals surface area contributed by atoms with Gasteiger partial charge in [-0.25, -0.2) is 0 Å². The van der Waals surface area contributed by atoms with E-state index < -0.39 is 0 Å². The van der Waals surface area contributed by atoms with Gasteiger partial charge in [-0.3, -0.25) is 4.79 Å². The van der Waals surface area contributed by atoms with Crippen molar-refractivity contribution in [2.75, 3.05) is 12.4 Å². The van der Waals surface area contributed by atoms with Crippen molar-refractivity contribution in [2.24, 2.45) is 5.92 Å². The van der Waals surface area contributed by atoms with Gasteiger partial charge in [0, 0.05) is 22.0 Å². The number of phenolic OH excluding ortho intramolecular Hbond substituents is 1. The molecular weight excluding hydrogens is 365 g/mol. The molecule has 1 aromatic carbocycles. The van der Waals surface area contributed by atoms with Gasteiger partial charge in [-0.2, -0.15) is 0 Å². The number of nitrogens with zero attached hydrogens (tertiary/aromatic N) is 1. The second kappa shape index (κ2) is 5.65. The number of amides is 1. The van der Waals surface area contributed by atoms with Crippen LogP contribution in [0.5, 0.6) is 5.75 Å². The number of likely N-dealkylation sites (tertiary alicyclic amines) is 1. The van der Waals surface area contributed by atoms with Gasteiger partial charge < -0.3 is 10.0 Å². The smallest absolute Gasteiger partial charge is 0.257 e. The molecular formula is C13H15ClINO2. The minimum Gasteiger partial charge on any atom is -0.507 e. The fraction of sp³-hybridized carbons (Fsp3) is 0.462. The summed E-state index contributed by atoms with van der Waals surface area (Å²) in [5.74, 6) is 0.767. The van der Waals surface area contributed by atoms with Gasteiger partial charge in [0.2, 0.25) is 0 Å². The van der Waals surface area contributed by atoms with Gasteiger partial charge in [-0.05, 0) is 53.1 Å². The summed E-state index contributed by atoms with van der Waals surface area (Å²) in [7, 11) is 0. The molecule has 2 atom stereocenters. The van der Waals surface area contributed by atoms with Crippen LogP contribution in [0.2, 0.25) is 0 Å². The van der Waals surface area contributed by atoms with E-state index in [0.717, 1.165) is 9.99 Å². The molecule has 1 aromatic rings. The van der Waals surface area contributed by atoms with Crippen LogP contribution in [0, 0.1) is 9.49 Å². The molecule has 1 fully saturated rings. The molecule has 0 aliphatic carbocycles. The molecule has 1 aliphatic heterocycles. The summed E-state index contributed by atoms with van der Waals surface area (Å²) >= 11 is 8.07. The van der Waals surface area contributed by atoms with Crippen LogP contribution in [0.25, 0.3) is 0 Å². The molecule has 0 radical (unpaired) electrons. The lowest BCUT2D eigenvalue weighted by Gasteiger charge is -2.25. The normalized spacial score (nSPS) is 23.4. The first-order chi connectivity index (χ1) is 8.54. The zero-order valence-electron chi connectivity index (χ0n) is 10.1. The average Bonchev–Trinajstić information content (AvgIpc) is 2.72. The SMILES string of the molecule is CC1CCN(C(=O)c2cc(I)ccc2O)C1CCl. The predicted molar refractivity (Wildman–Crippen MR) is 80.1 cm³/mol. The Bertz CT molecular complexity index is 466. The van der Waals surface area contributed by atoms with Gasteiger partial charge in [-0.1, -0.05) is 6.92 Å². The van der Waals surface area contributed by atoms with Crippen molar-refractivity contribution in [2.45, 2.75) is 19.4 Å². The molecule has 1 N–H and O–H groups in total. The first kappa shape index (κ1) is 13.9. The monoisotopic (exact) mass is 379 g/mol. The molecule has 2 rings (SSSR count). The Morgan fingerprint density at radius 1 is 1.61 bits per heavy atom. The molecule has 0 spiro atoms. The fourth-order valence-corrected chi connectivity index (χ4v) is 3.29. The van der Waals surface area contributed by atoms with Crippen LogP contribution in [0.4, 0.5) is 0 Å². The van der Waals surface area contributed by atoms with Crippen LogP contribution >= 0.6 is 34.2 Å². The molecule has 1 amide bonds. The summed E-state index contributed by atoms with van der Waals surface area (Å²) < 4.78 is 0.934. The summed E-state index contributed by atoms with van der Waals surface area (Å²) in [4.78, 5) is 14.2. The van der Waals surface area contributed by atoms with Crippen molar-refractivity contribution >= 4 is 40.1 Å². The van der Waals surface area contributed by atoms with Gasteiger partial charge in [0.15, 0.2) is 0 Å². The van der Waals surface area contributed by atoms with E-state index in [1.54, 1.807) is 23.1 Å². The van der Waals surface area contributed by atoms with Crippen molar-refractivity contribution in [3.63, 3.8) is 0 Å². The van der Waals surface area contributed by atoms with Crippen LogP contribution < -0.4 is 0 Å². The maximum absolute atomic E-state index is 12.4. The number of hydrogen-bond acceptors (Lipinski definition) is 2. The highest BCUT2D eigenvalue weighted by molar-refractivity contribution is 14.1. The Kier molecular flexibility index (Phi) is 4.37. The first-order valence-corrected chi connectivity index (χ1v) is 7.51. The van der Waals surface area contributed by atoms with Crippen molar-refractivity contribution in [1.29, 1.82) is 0 Å². The van der Waals surface area contributed by atoms with Crippen LogP contribution in [0.1, 0.15) is 23.7 Å². The van der Waals surface area contributed by atoms with E-state index in [9.17, 15) is 9.90 Å². The quantitative estimate of drug-likeness (QED) is 0.634. The largest absolute Gasteiger partial charge is 0.507 e. The van der Waals surface area contributed by atoms with E-state index in [1.807, 2.05) is 0 Å². The summed E-state index contributed by atoms with van der Waals surface area (Å²) in [6.07, 6.45) is 0.966. The molecule has 98 valence electrons. The molecule has 1 aliphatic rings. The highest BCUT2D eigenvalue weighted by Gasteiger charge is 2.34. The Balaban J connectivity index is 2.28. The Morgan fingerprint density at radius 3 is 3.00 bits per heavy atom. The van der Waals surface area contributed by atoms with Gasteiger partial charge in [-0.15, -0.1) is 11.6 Å². The second-order valence-electron chi connectivity index (χ2n) is 4.65. The van der Waals surface area contributed by atoms with Crippen LogP contribution in [-0.2, 0) is 0 Å². The van der Waals surface area contributed by atoms with E-state index in [1.165, 1.54) is 0 Å². The topological polar surface area (TPSA) is 40.5 Å². The zero-order valence-corrected chi connectivity index (χ0v) is 13.0. The minimum atomic E-state index is -0.124. The summed E-state index contributed by atoms with van der Waals surface area (Å²) in [6.45, 7) is 2.82. The summed E-state index contributed by atoms with van der Waals surface area (Å²) in [5.41, 5.74) is 0.367. The average molecular weight is 380 g/mol. The zero-order chi connectivity index (χ0) is 13.3. The van der Waals surface area contributed by atoms with E-state index in [0.29, 0.717) is 23.9 Å². The van der Waals surface area contributed by atoms with Gasteiger partial charge in [0.05, 0.1) is 5.56 Å². The number of hydrogen-bond donors (Lipinski definition) is 1. The third-order valence-corrected chi connectivity index (χ3v) is 4.48. The Morgan fingerprint density at radius 2 is 2.33 bits per heavy atom. The molecule has 3 nitrogen and oxygen atoms in total. The number of aromatic hydroxyl groups is 1. The van der Waals surface area contributed by atoms with E-state index in [4.69, 9.17) is 11.6 Å². The summed E-state index contributed by atoms with van der Waals surface area (Å²) in [5, 5.41) is 9.81. The van der Waals surface area contributed by atoms with E-state index >= 15 is 0 Å². The number of benzene rings is 1. The number of alkyl halides is 1. The molecule has 1 saturated heterocycles. The lowest BCUT2D eigenvalue weighted by molar-refractivity contribution is 0.0734. The summed E-state index contributed by atoms with van der Waals surface area (Å²) in [6, 6.07) is 5.12. The lowest BCUT2D eigenvalue weighted by atomic mass is 10.0. The van der Waals surface area contributed by atoms with Crippen molar-refractivity contribution in [3.05, 3.63) is 27.3 Å². The molecule has 0 aromatic heterocycles. The Hall–Kier alpha value is -0.490. The molecule has 1 heterocycles. The van der Waals surface area contributed by atoms with Crippen LogP contribution in [-0.4, -0.2) is 34.4 Å². The number of carbonyl (C=O) groups excluding carboxylic acids is 1. The minimum absolute atomic E-state index is 0.0355. The maximum atomic E-state index is 12.4. The Labute approximate surface area is 125 Å². The van der Waals surface area contributed by atoms with Gasteiger partial charge in [0.1, 0.15) is 5.75 Å². The second-order valence-corrected chi connectivity index (χ2v) is 6.20. The lowest BCUT2D eigenvalue weighted by Crippen LogP contribution is -2.38. The standard InChI is InChI=1S/C13H15ClINO2/c1-8-4-5-16(11(8)7-14)13(18)10-6-9(15)2-3-12(10)17/h2-3,6,8,11,17H,4-5,7H2,1H3. The number of phenols is 1. The van der Waals surface area contributed by atoms with Crippen LogP contribution in [0.3, 0.4) is 0 Å². The first-order valence-electron chi connectivity index (χ1n) is 5.90. The van der Waals surface area contributed by atoms with Gasteiger partial charge >= 0.3 is 0 Å². The molecule has 18 heavy (non-hydrogen) atoms. The predicted octanol–water partition coefficient (Wildman–Crippen LogP) is 3.09. The van der Waals surface area contributed by atoms with Crippen molar-refractivity contribution < 1.29 is 9.90 Å².